The molecule has 0 spiro atoms. The van der Waals surface area contributed by atoms with E-state index in [1.807, 2.05) is 13.0 Å². The largest absolute Gasteiger partial charge is 0.298 e. The van der Waals surface area contributed by atoms with E-state index in [4.69, 9.17) is 0 Å². The summed E-state index contributed by atoms with van der Waals surface area (Å²) in [6, 6.07) is 4.31. The Hall–Kier alpha value is -1.37. The van der Waals surface area contributed by atoms with Gasteiger partial charge in [0.05, 0.1) is 0 Å². The number of allylic oxidation sites excluding steroid dienone is 1. The molecular weight excluding hydrogens is 184 g/mol. The van der Waals surface area contributed by atoms with E-state index in [9.17, 15) is 4.79 Å². The molecular formula is C14H18O. The van der Waals surface area contributed by atoms with Crippen molar-refractivity contribution in [2.75, 3.05) is 0 Å². The van der Waals surface area contributed by atoms with Crippen LogP contribution in [0.25, 0.3) is 6.08 Å². The number of hydrogen-bond acceptors (Lipinski definition) is 1. The number of rotatable bonds is 3. The van der Waals surface area contributed by atoms with Crippen molar-refractivity contribution in [3.05, 3.63) is 40.0 Å². The monoisotopic (exact) mass is 202 g/mol. The third-order valence-electron chi connectivity index (χ3n) is 2.78. The molecule has 0 atom stereocenters. The molecule has 1 aromatic carbocycles. The van der Waals surface area contributed by atoms with Crippen LogP contribution in [0.5, 0.6) is 0 Å². The molecule has 0 aromatic heterocycles. The van der Waals surface area contributed by atoms with Crippen molar-refractivity contribution in [2.24, 2.45) is 0 Å². The van der Waals surface area contributed by atoms with Gasteiger partial charge in [-0.2, -0.15) is 0 Å². The molecule has 0 saturated heterocycles. The van der Waals surface area contributed by atoms with Gasteiger partial charge < -0.3 is 0 Å². The zero-order valence-corrected chi connectivity index (χ0v) is 9.92. The minimum absolute atomic E-state index is 0.788. The van der Waals surface area contributed by atoms with E-state index in [1.54, 1.807) is 0 Å². The van der Waals surface area contributed by atoms with Crippen LogP contribution in [0, 0.1) is 20.8 Å². The number of benzene rings is 1. The predicted molar refractivity (Wildman–Crippen MR) is 65.0 cm³/mol. The van der Waals surface area contributed by atoms with E-state index in [2.05, 4.69) is 32.9 Å². The van der Waals surface area contributed by atoms with Gasteiger partial charge in [0.1, 0.15) is 6.29 Å². The molecule has 15 heavy (non-hydrogen) atoms. The van der Waals surface area contributed by atoms with E-state index in [0.717, 1.165) is 23.8 Å². The van der Waals surface area contributed by atoms with Crippen molar-refractivity contribution in [3.63, 3.8) is 0 Å². The fraction of sp³-hybridized carbons (Fsp3) is 0.357. The Balaban J connectivity index is 3.20. The summed E-state index contributed by atoms with van der Waals surface area (Å²) >= 11 is 0. The minimum Gasteiger partial charge on any atom is -0.298 e. The third-order valence-corrected chi connectivity index (χ3v) is 2.78. The number of hydrogen-bond donors (Lipinski definition) is 0. The molecule has 0 aliphatic heterocycles. The van der Waals surface area contributed by atoms with Crippen LogP contribution in [0.2, 0.25) is 0 Å². The van der Waals surface area contributed by atoms with Gasteiger partial charge in [-0.15, -0.1) is 0 Å². The Morgan fingerprint density at radius 2 is 1.73 bits per heavy atom. The van der Waals surface area contributed by atoms with Crippen molar-refractivity contribution in [3.8, 4) is 0 Å². The molecule has 0 fully saturated rings. The van der Waals surface area contributed by atoms with Crippen molar-refractivity contribution in [1.29, 1.82) is 0 Å². The maximum absolute atomic E-state index is 10.7. The van der Waals surface area contributed by atoms with Crippen LogP contribution in [0.1, 0.15) is 35.6 Å². The molecule has 1 nitrogen and oxygen atoms in total. The molecule has 1 heteroatoms. The molecule has 0 heterocycles. The summed E-state index contributed by atoms with van der Waals surface area (Å²) in [7, 11) is 0. The Bertz CT molecular complexity index is 400. The van der Waals surface area contributed by atoms with Crippen molar-refractivity contribution >= 4 is 12.4 Å². The summed E-state index contributed by atoms with van der Waals surface area (Å²) < 4.78 is 0. The summed E-state index contributed by atoms with van der Waals surface area (Å²) in [6.45, 7) is 8.28. The fourth-order valence-electron chi connectivity index (χ4n) is 1.56. The summed E-state index contributed by atoms with van der Waals surface area (Å²) in [4.78, 5) is 10.7. The summed E-state index contributed by atoms with van der Waals surface area (Å²) in [5.41, 5.74) is 5.80. The smallest absolute Gasteiger partial charge is 0.146 e. The van der Waals surface area contributed by atoms with Gasteiger partial charge in [0, 0.05) is 0 Å². The first-order valence-corrected chi connectivity index (χ1v) is 5.32. The van der Waals surface area contributed by atoms with Crippen LogP contribution in [-0.2, 0) is 4.79 Å². The highest BCUT2D eigenvalue weighted by molar-refractivity contribution is 5.82. The fourth-order valence-corrected chi connectivity index (χ4v) is 1.56. The number of aryl methyl sites for hydroxylation is 3. The Kier molecular flexibility index (Phi) is 3.84. The zero-order chi connectivity index (χ0) is 11.4. The first-order chi connectivity index (χ1) is 7.08. The van der Waals surface area contributed by atoms with E-state index >= 15 is 0 Å². The normalized spacial score (nSPS) is 11.6. The highest BCUT2D eigenvalue weighted by atomic mass is 16.1. The van der Waals surface area contributed by atoms with E-state index < -0.39 is 0 Å². The second kappa shape index (κ2) is 4.92. The molecule has 1 rings (SSSR count). The summed E-state index contributed by atoms with van der Waals surface area (Å²) in [6.07, 6.45) is 3.71. The van der Waals surface area contributed by atoms with Gasteiger partial charge in [0.25, 0.3) is 0 Å². The Labute approximate surface area is 91.8 Å². The van der Waals surface area contributed by atoms with Crippen LogP contribution in [0.4, 0.5) is 0 Å². The molecule has 1 aromatic rings. The van der Waals surface area contributed by atoms with Crippen LogP contribution >= 0.6 is 0 Å². The van der Waals surface area contributed by atoms with Crippen LogP contribution in [-0.4, -0.2) is 6.29 Å². The van der Waals surface area contributed by atoms with Gasteiger partial charge >= 0.3 is 0 Å². The van der Waals surface area contributed by atoms with Crippen LogP contribution in [0.15, 0.2) is 17.7 Å². The molecule has 0 aliphatic carbocycles. The summed E-state index contributed by atoms with van der Waals surface area (Å²) in [5, 5.41) is 0. The number of carbonyl (C=O) groups excluding carboxylic acids is 1. The zero-order valence-electron chi connectivity index (χ0n) is 9.92. The molecule has 0 amide bonds. The SMILES string of the molecule is CCC(C=O)=Cc1cc(C)c(C)cc1C. The second-order valence-electron chi connectivity index (χ2n) is 3.98. The van der Waals surface area contributed by atoms with Crippen LogP contribution in [0.3, 0.4) is 0 Å². The van der Waals surface area contributed by atoms with Gasteiger partial charge in [-0.1, -0.05) is 19.1 Å². The molecule has 0 radical (unpaired) electrons. The average molecular weight is 202 g/mol. The summed E-state index contributed by atoms with van der Waals surface area (Å²) in [5.74, 6) is 0. The predicted octanol–water partition coefficient (Wildman–Crippen LogP) is 3.60. The molecule has 0 bridgehead atoms. The lowest BCUT2D eigenvalue weighted by Gasteiger charge is -2.06. The molecule has 0 N–H and O–H groups in total. The lowest BCUT2D eigenvalue weighted by atomic mass is 9.99. The van der Waals surface area contributed by atoms with Gasteiger partial charge in [0.2, 0.25) is 0 Å². The maximum Gasteiger partial charge on any atom is 0.146 e. The van der Waals surface area contributed by atoms with Gasteiger partial charge in [0.15, 0.2) is 0 Å². The maximum atomic E-state index is 10.7. The Morgan fingerprint density at radius 3 is 2.27 bits per heavy atom. The van der Waals surface area contributed by atoms with E-state index in [1.165, 1.54) is 16.7 Å². The van der Waals surface area contributed by atoms with Gasteiger partial charge in [-0.25, -0.2) is 0 Å². The minimum atomic E-state index is 0.788. The van der Waals surface area contributed by atoms with Crippen molar-refractivity contribution in [2.45, 2.75) is 34.1 Å². The lowest BCUT2D eigenvalue weighted by Crippen LogP contribution is -1.89. The van der Waals surface area contributed by atoms with E-state index in [0.29, 0.717) is 0 Å². The number of aldehydes is 1. The standard InChI is InChI=1S/C14H18O/c1-5-13(9-15)8-14-7-11(3)10(2)6-12(14)4/h6-9H,5H2,1-4H3. The average Bonchev–Trinajstić information content (AvgIpc) is 2.21. The molecule has 0 unspecified atom stereocenters. The topological polar surface area (TPSA) is 17.1 Å². The quantitative estimate of drug-likeness (QED) is 0.540. The van der Waals surface area contributed by atoms with Crippen molar-refractivity contribution < 1.29 is 4.79 Å². The molecule has 80 valence electrons. The van der Waals surface area contributed by atoms with Gasteiger partial charge in [-0.05, 0) is 61.1 Å². The third kappa shape index (κ3) is 2.79. The van der Waals surface area contributed by atoms with E-state index in [-0.39, 0.29) is 0 Å². The van der Waals surface area contributed by atoms with Gasteiger partial charge in [-0.3, -0.25) is 4.79 Å². The number of carbonyl (C=O) groups is 1. The van der Waals surface area contributed by atoms with Crippen LogP contribution < -0.4 is 0 Å². The first kappa shape index (κ1) is 11.7. The second-order valence-corrected chi connectivity index (χ2v) is 3.98. The molecule has 0 saturated carbocycles. The lowest BCUT2D eigenvalue weighted by molar-refractivity contribution is -0.104. The highest BCUT2D eigenvalue weighted by Gasteiger charge is 2.00. The van der Waals surface area contributed by atoms with Crippen molar-refractivity contribution in [1.82, 2.24) is 0 Å². The molecule has 0 aliphatic rings. The highest BCUT2D eigenvalue weighted by Crippen LogP contribution is 2.18. The first-order valence-electron chi connectivity index (χ1n) is 5.32. The Morgan fingerprint density at radius 1 is 1.13 bits per heavy atom.